The molecule has 0 bridgehead atoms. The molecule has 6 heteroatoms. The van der Waals surface area contributed by atoms with Gasteiger partial charge in [-0.2, -0.15) is 0 Å². The summed E-state index contributed by atoms with van der Waals surface area (Å²) in [7, 11) is 0. The van der Waals surface area contributed by atoms with Crippen molar-refractivity contribution in [2.24, 2.45) is 11.3 Å². The molecule has 1 atom stereocenters. The molecule has 0 aliphatic carbocycles. The minimum atomic E-state index is 0.189. The van der Waals surface area contributed by atoms with E-state index in [1.165, 1.54) is 6.42 Å². The van der Waals surface area contributed by atoms with Crippen molar-refractivity contribution >= 4 is 11.8 Å². The van der Waals surface area contributed by atoms with Crippen molar-refractivity contribution in [3.05, 3.63) is 0 Å². The van der Waals surface area contributed by atoms with Gasteiger partial charge < -0.3 is 14.5 Å². The summed E-state index contributed by atoms with van der Waals surface area (Å²) in [5.74, 6) is 1.17. The maximum absolute atomic E-state index is 12.6. The van der Waals surface area contributed by atoms with E-state index in [-0.39, 0.29) is 11.3 Å². The van der Waals surface area contributed by atoms with Gasteiger partial charge in [0.2, 0.25) is 11.8 Å². The van der Waals surface area contributed by atoms with Crippen LogP contribution in [0.1, 0.15) is 46.0 Å². The highest BCUT2D eigenvalue weighted by Crippen LogP contribution is 2.39. The second-order valence-electron chi connectivity index (χ2n) is 8.81. The molecular formula is C20H35N3O3. The third-order valence-corrected chi connectivity index (χ3v) is 6.19. The summed E-state index contributed by atoms with van der Waals surface area (Å²) in [6.07, 6.45) is 5.03. The van der Waals surface area contributed by atoms with Crippen LogP contribution < -0.4 is 0 Å². The number of hydrogen-bond donors (Lipinski definition) is 0. The van der Waals surface area contributed by atoms with E-state index in [4.69, 9.17) is 4.74 Å². The monoisotopic (exact) mass is 365 g/mol. The van der Waals surface area contributed by atoms with Gasteiger partial charge in [0.15, 0.2) is 0 Å². The molecule has 3 rings (SSSR count). The molecule has 0 saturated carbocycles. The molecule has 3 heterocycles. The van der Waals surface area contributed by atoms with E-state index in [1.54, 1.807) is 0 Å². The largest absolute Gasteiger partial charge is 0.378 e. The van der Waals surface area contributed by atoms with Crippen LogP contribution in [-0.4, -0.2) is 85.5 Å². The molecule has 3 aliphatic heterocycles. The predicted molar refractivity (Wildman–Crippen MR) is 101 cm³/mol. The predicted octanol–water partition coefficient (Wildman–Crippen LogP) is 1.60. The smallest absolute Gasteiger partial charge is 0.236 e. The normalized spacial score (nSPS) is 28.2. The molecule has 0 aromatic rings. The van der Waals surface area contributed by atoms with Crippen LogP contribution in [0.3, 0.4) is 0 Å². The summed E-state index contributed by atoms with van der Waals surface area (Å²) in [5.41, 5.74) is 0.189. The molecule has 2 amide bonds. The first-order valence-electron chi connectivity index (χ1n) is 10.3. The van der Waals surface area contributed by atoms with Gasteiger partial charge in [0.1, 0.15) is 0 Å². The molecule has 3 saturated heterocycles. The Morgan fingerprint density at radius 2 is 1.92 bits per heavy atom. The molecule has 0 N–H and O–H groups in total. The van der Waals surface area contributed by atoms with E-state index >= 15 is 0 Å². The minimum Gasteiger partial charge on any atom is -0.378 e. The Labute approximate surface area is 157 Å². The van der Waals surface area contributed by atoms with Crippen LogP contribution in [0, 0.1) is 11.3 Å². The molecule has 0 radical (unpaired) electrons. The fourth-order valence-corrected chi connectivity index (χ4v) is 4.60. The van der Waals surface area contributed by atoms with Gasteiger partial charge in [-0.15, -0.1) is 0 Å². The van der Waals surface area contributed by atoms with E-state index in [0.29, 0.717) is 38.0 Å². The molecule has 0 unspecified atom stereocenters. The quantitative estimate of drug-likeness (QED) is 0.743. The van der Waals surface area contributed by atoms with Gasteiger partial charge in [0.25, 0.3) is 0 Å². The summed E-state index contributed by atoms with van der Waals surface area (Å²) in [4.78, 5) is 31.3. The summed E-state index contributed by atoms with van der Waals surface area (Å²) in [5, 5.41) is 0. The van der Waals surface area contributed by atoms with Crippen LogP contribution in [0.4, 0.5) is 0 Å². The zero-order valence-corrected chi connectivity index (χ0v) is 16.5. The van der Waals surface area contributed by atoms with Crippen molar-refractivity contribution in [1.82, 2.24) is 14.7 Å². The van der Waals surface area contributed by atoms with Crippen molar-refractivity contribution < 1.29 is 14.3 Å². The van der Waals surface area contributed by atoms with Crippen LogP contribution in [0.25, 0.3) is 0 Å². The first kappa shape index (κ1) is 19.6. The lowest BCUT2D eigenvalue weighted by molar-refractivity contribution is -0.142. The molecule has 26 heavy (non-hydrogen) atoms. The Bertz CT molecular complexity index is 505. The molecule has 1 spiro atoms. The molecule has 148 valence electrons. The van der Waals surface area contributed by atoms with Crippen LogP contribution in [0.2, 0.25) is 0 Å². The van der Waals surface area contributed by atoms with Crippen molar-refractivity contribution in [2.75, 3.05) is 59.0 Å². The molecule has 6 nitrogen and oxygen atoms in total. The van der Waals surface area contributed by atoms with Crippen molar-refractivity contribution in [3.63, 3.8) is 0 Å². The Balaban J connectivity index is 1.56. The number of ether oxygens (including phenoxy) is 1. The molecule has 0 aromatic carbocycles. The van der Waals surface area contributed by atoms with Crippen LogP contribution in [0.15, 0.2) is 0 Å². The second-order valence-corrected chi connectivity index (χ2v) is 8.81. The Kier molecular flexibility index (Phi) is 6.56. The number of carbonyl (C=O) groups excluding carboxylic acids is 2. The summed E-state index contributed by atoms with van der Waals surface area (Å²) < 4.78 is 5.35. The van der Waals surface area contributed by atoms with Gasteiger partial charge in [-0.1, -0.05) is 13.8 Å². The van der Waals surface area contributed by atoms with Gasteiger partial charge in [-0.3, -0.25) is 14.5 Å². The van der Waals surface area contributed by atoms with Gasteiger partial charge in [0.05, 0.1) is 19.8 Å². The third-order valence-electron chi connectivity index (χ3n) is 6.19. The fourth-order valence-electron chi connectivity index (χ4n) is 4.60. The number of hydrogen-bond acceptors (Lipinski definition) is 4. The van der Waals surface area contributed by atoms with E-state index in [9.17, 15) is 9.59 Å². The number of nitrogens with zero attached hydrogens (tertiary/aromatic N) is 3. The van der Waals surface area contributed by atoms with E-state index in [2.05, 4.69) is 23.6 Å². The lowest BCUT2D eigenvalue weighted by Crippen LogP contribution is -2.56. The minimum absolute atomic E-state index is 0.189. The first-order chi connectivity index (χ1) is 12.5. The fraction of sp³-hybridized carbons (Fsp3) is 0.900. The number of likely N-dealkylation sites (tertiary alicyclic amines) is 2. The molecule has 3 aliphatic rings. The van der Waals surface area contributed by atoms with Gasteiger partial charge in [-0.25, -0.2) is 0 Å². The Hall–Kier alpha value is -1.14. The third kappa shape index (κ3) is 4.97. The lowest BCUT2D eigenvalue weighted by atomic mass is 9.73. The zero-order valence-electron chi connectivity index (χ0n) is 16.5. The van der Waals surface area contributed by atoms with E-state index < -0.39 is 0 Å². The van der Waals surface area contributed by atoms with Gasteiger partial charge >= 0.3 is 0 Å². The standard InChI is InChI=1S/C20H35N3O3/c1-17(2)5-9-23-16-20(7-4-18(23)24)6-3-8-21(15-20)14-19(25)22-10-12-26-13-11-22/h17H,3-16H2,1-2H3/t20-/m0/s1. The summed E-state index contributed by atoms with van der Waals surface area (Å²) in [6.45, 7) is 11.4. The Morgan fingerprint density at radius 1 is 1.15 bits per heavy atom. The second kappa shape index (κ2) is 8.70. The SMILES string of the molecule is CC(C)CCN1C[C@@]2(CCCN(CC(=O)N3CCOCC3)C2)CCC1=O. The summed E-state index contributed by atoms with van der Waals surface area (Å²) in [6, 6.07) is 0. The van der Waals surface area contributed by atoms with Crippen LogP contribution in [-0.2, 0) is 14.3 Å². The zero-order chi connectivity index (χ0) is 18.6. The van der Waals surface area contributed by atoms with Crippen LogP contribution in [0.5, 0.6) is 0 Å². The maximum Gasteiger partial charge on any atom is 0.236 e. The maximum atomic E-state index is 12.6. The number of carbonyl (C=O) groups is 2. The highest BCUT2D eigenvalue weighted by atomic mass is 16.5. The summed E-state index contributed by atoms with van der Waals surface area (Å²) >= 11 is 0. The van der Waals surface area contributed by atoms with Crippen LogP contribution >= 0.6 is 0 Å². The molecule has 0 aromatic heterocycles. The lowest BCUT2D eigenvalue weighted by Gasteiger charge is -2.48. The number of rotatable bonds is 5. The molecular weight excluding hydrogens is 330 g/mol. The number of amides is 2. The van der Waals surface area contributed by atoms with Crippen molar-refractivity contribution in [3.8, 4) is 0 Å². The van der Waals surface area contributed by atoms with Crippen molar-refractivity contribution in [2.45, 2.75) is 46.0 Å². The average molecular weight is 366 g/mol. The van der Waals surface area contributed by atoms with Gasteiger partial charge in [-0.05, 0) is 38.1 Å². The number of morpholine rings is 1. The number of piperidine rings is 2. The first-order valence-corrected chi connectivity index (χ1v) is 10.3. The topological polar surface area (TPSA) is 53.1 Å². The Morgan fingerprint density at radius 3 is 2.65 bits per heavy atom. The average Bonchev–Trinajstić information content (AvgIpc) is 2.63. The highest BCUT2D eigenvalue weighted by Gasteiger charge is 2.42. The van der Waals surface area contributed by atoms with E-state index in [0.717, 1.165) is 58.5 Å². The highest BCUT2D eigenvalue weighted by molar-refractivity contribution is 5.78. The van der Waals surface area contributed by atoms with Crippen molar-refractivity contribution in [1.29, 1.82) is 0 Å². The molecule has 3 fully saturated rings. The van der Waals surface area contributed by atoms with Gasteiger partial charge in [0, 0.05) is 44.6 Å². The van der Waals surface area contributed by atoms with E-state index in [1.807, 2.05) is 4.90 Å².